The number of amides is 1. The van der Waals surface area contributed by atoms with E-state index in [0.29, 0.717) is 6.04 Å². The highest BCUT2D eigenvalue weighted by atomic mass is 16.2. The third-order valence-electron chi connectivity index (χ3n) is 3.06. The maximum absolute atomic E-state index is 11.9. The van der Waals surface area contributed by atoms with Crippen molar-refractivity contribution >= 4 is 5.91 Å². The van der Waals surface area contributed by atoms with Crippen LogP contribution in [0.4, 0.5) is 0 Å². The summed E-state index contributed by atoms with van der Waals surface area (Å²) in [4.78, 5) is 13.8. The zero-order valence-corrected chi connectivity index (χ0v) is 9.83. The largest absolute Gasteiger partial charge is 0.340 e. The highest BCUT2D eigenvalue weighted by Gasteiger charge is 2.25. The number of nitrogens with two attached hydrogens (primary N) is 1. The first-order valence-electron chi connectivity index (χ1n) is 5.90. The number of carbonyl (C=O) groups is 1. The van der Waals surface area contributed by atoms with Crippen molar-refractivity contribution in [2.45, 2.75) is 44.7 Å². The molecule has 1 aliphatic rings. The normalized spacial score (nSPS) is 23.9. The van der Waals surface area contributed by atoms with Gasteiger partial charge in [-0.15, -0.1) is 0 Å². The lowest BCUT2D eigenvalue weighted by atomic mass is 10.0. The second kappa shape index (κ2) is 6.08. The molecule has 1 aliphatic heterocycles. The van der Waals surface area contributed by atoms with E-state index in [-0.39, 0.29) is 11.9 Å². The fraction of sp³-hybridized carbons (Fsp3) is 0.909. The van der Waals surface area contributed by atoms with Gasteiger partial charge in [0, 0.05) is 19.1 Å². The maximum atomic E-state index is 11.9. The molecule has 1 heterocycles. The van der Waals surface area contributed by atoms with Crippen LogP contribution in [0.15, 0.2) is 0 Å². The molecule has 1 saturated heterocycles. The molecule has 0 aliphatic carbocycles. The van der Waals surface area contributed by atoms with E-state index in [1.165, 1.54) is 0 Å². The van der Waals surface area contributed by atoms with Crippen molar-refractivity contribution in [1.29, 1.82) is 0 Å². The van der Waals surface area contributed by atoms with Crippen LogP contribution in [0.1, 0.15) is 32.6 Å². The molecule has 1 fully saturated rings. The van der Waals surface area contributed by atoms with Gasteiger partial charge in [0.25, 0.3) is 0 Å². The number of rotatable bonds is 4. The average molecular weight is 213 g/mol. The van der Waals surface area contributed by atoms with Gasteiger partial charge in [-0.05, 0) is 26.3 Å². The molecule has 4 heteroatoms. The van der Waals surface area contributed by atoms with Crippen LogP contribution in [-0.2, 0) is 4.79 Å². The van der Waals surface area contributed by atoms with Gasteiger partial charge in [0.15, 0.2) is 0 Å². The zero-order chi connectivity index (χ0) is 11.3. The molecule has 3 N–H and O–H groups in total. The quantitative estimate of drug-likeness (QED) is 0.707. The number of nitrogens with zero attached hydrogens (tertiary/aromatic N) is 1. The summed E-state index contributed by atoms with van der Waals surface area (Å²) in [6, 6.07) is 0.141. The summed E-state index contributed by atoms with van der Waals surface area (Å²) < 4.78 is 0. The third kappa shape index (κ3) is 3.47. The monoisotopic (exact) mass is 213 g/mol. The van der Waals surface area contributed by atoms with Gasteiger partial charge in [-0.3, -0.25) is 4.79 Å². The minimum atomic E-state index is -0.300. The van der Waals surface area contributed by atoms with Crippen LogP contribution in [0, 0.1) is 0 Å². The van der Waals surface area contributed by atoms with Crippen molar-refractivity contribution in [3.63, 3.8) is 0 Å². The Morgan fingerprint density at radius 2 is 2.40 bits per heavy atom. The Bertz CT molecular complexity index is 208. The summed E-state index contributed by atoms with van der Waals surface area (Å²) in [7, 11) is 1.95. The summed E-state index contributed by atoms with van der Waals surface area (Å²) >= 11 is 0. The van der Waals surface area contributed by atoms with Gasteiger partial charge in [-0.1, -0.05) is 13.3 Å². The maximum Gasteiger partial charge on any atom is 0.239 e. The zero-order valence-electron chi connectivity index (χ0n) is 9.83. The van der Waals surface area contributed by atoms with Gasteiger partial charge in [-0.25, -0.2) is 0 Å². The van der Waals surface area contributed by atoms with E-state index in [0.717, 1.165) is 38.8 Å². The SMILES string of the molecule is CCCC(N)C(=O)N1CCCC(NC)C1. The van der Waals surface area contributed by atoms with Crippen molar-refractivity contribution in [3.05, 3.63) is 0 Å². The minimum Gasteiger partial charge on any atom is -0.340 e. The van der Waals surface area contributed by atoms with Gasteiger partial charge < -0.3 is 16.0 Å². The molecular formula is C11H23N3O. The lowest BCUT2D eigenvalue weighted by molar-refractivity contribution is -0.134. The Balaban J connectivity index is 2.44. The Kier molecular flexibility index (Phi) is 5.05. The second-order valence-corrected chi connectivity index (χ2v) is 4.31. The molecule has 0 aromatic carbocycles. The standard InChI is InChI=1S/C11H23N3O/c1-3-5-10(12)11(15)14-7-4-6-9(8-14)13-2/h9-10,13H,3-8,12H2,1-2H3. The van der Waals surface area contributed by atoms with Gasteiger partial charge >= 0.3 is 0 Å². The Morgan fingerprint density at radius 3 is 3.00 bits per heavy atom. The van der Waals surface area contributed by atoms with E-state index >= 15 is 0 Å². The molecule has 2 atom stereocenters. The summed E-state index contributed by atoms with van der Waals surface area (Å²) in [5.41, 5.74) is 5.83. The first kappa shape index (κ1) is 12.5. The molecule has 0 saturated carbocycles. The van der Waals surface area contributed by atoms with E-state index in [1.54, 1.807) is 0 Å². The highest BCUT2D eigenvalue weighted by molar-refractivity contribution is 5.81. The van der Waals surface area contributed by atoms with Crippen molar-refractivity contribution in [2.24, 2.45) is 5.73 Å². The number of hydrogen-bond donors (Lipinski definition) is 2. The molecule has 0 aromatic rings. The van der Waals surface area contributed by atoms with Gasteiger partial charge in [0.1, 0.15) is 0 Å². The smallest absolute Gasteiger partial charge is 0.239 e. The van der Waals surface area contributed by atoms with Crippen molar-refractivity contribution < 1.29 is 4.79 Å². The van der Waals surface area contributed by atoms with Crippen LogP contribution < -0.4 is 11.1 Å². The lowest BCUT2D eigenvalue weighted by Crippen LogP contribution is -2.51. The fourth-order valence-electron chi connectivity index (χ4n) is 2.08. The topological polar surface area (TPSA) is 58.4 Å². The average Bonchev–Trinajstić information content (AvgIpc) is 2.28. The van der Waals surface area contributed by atoms with Crippen molar-refractivity contribution in [2.75, 3.05) is 20.1 Å². The fourth-order valence-corrected chi connectivity index (χ4v) is 2.08. The van der Waals surface area contributed by atoms with E-state index < -0.39 is 0 Å². The van der Waals surface area contributed by atoms with Crippen LogP contribution in [0.3, 0.4) is 0 Å². The van der Waals surface area contributed by atoms with Crippen molar-refractivity contribution in [1.82, 2.24) is 10.2 Å². The van der Waals surface area contributed by atoms with Crippen LogP contribution in [-0.4, -0.2) is 43.0 Å². The molecule has 88 valence electrons. The van der Waals surface area contributed by atoms with Gasteiger partial charge in [0.2, 0.25) is 5.91 Å². The summed E-state index contributed by atoms with van der Waals surface area (Å²) in [6.45, 7) is 3.74. The van der Waals surface area contributed by atoms with E-state index in [4.69, 9.17) is 5.73 Å². The van der Waals surface area contributed by atoms with Gasteiger partial charge in [-0.2, -0.15) is 0 Å². The molecule has 0 spiro atoms. The van der Waals surface area contributed by atoms with Crippen LogP contribution in [0.25, 0.3) is 0 Å². The molecule has 1 amide bonds. The third-order valence-corrected chi connectivity index (χ3v) is 3.06. The molecule has 0 radical (unpaired) electrons. The number of piperidine rings is 1. The first-order chi connectivity index (χ1) is 7.19. The Hall–Kier alpha value is -0.610. The predicted molar refractivity (Wildman–Crippen MR) is 61.5 cm³/mol. The minimum absolute atomic E-state index is 0.122. The lowest BCUT2D eigenvalue weighted by Gasteiger charge is -2.34. The molecule has 15 heavy (non-hydrogen) atoms. The molecule has 0 aromatic heterocycles. The number of likely N-dealkylation sites (tertiary alicyclic amines) is 1. The van der Waals surface area contributed by atoms with Crippen LogP contribution in [0.5, 0.6) is 0 Å². The first-order valence-corrected chi connectivity index (χ1v) is 5.90. The Labute approximate surface area is 92.2 Å². The molecule has 2 unspecified atom stereocenters. The molecule has 0 bridgehead atoms. The van der Waals surface area contributed by atoms with Crippen LogP contribution in [0.2, 0.25) is 0 Å². The summed E-state index contributed by atoms with van der Waals surface area (Å²) in [6.07, 6.45) is 4.00. The highest BCUT2D eigenvalue weighted by Crippen LogP contribution is 2.11. The molecular weight excluding hydrogens is 190 g/mol. The van der Waals surface area contributed by atoms with Gasteiger partial charge in [0.05, 0.1) is 6.04 Å². The second-order valence-electron chi connectivity index (χ2n) is 4.31. The molecule has 4 nitrogen and oxygen atoms in total. The summed E-state index contributed by atoms with van der Waals surface area (Å²) in [5.74, 6) is 0.122. The number of carbonyl (C=O) groups excluding carboxylic acids is 1. The van der Waals surface area contributed by atoms with E-state index in [1.807, 2.05) is 11.9 Å². The number of hydrogen-bond acceptors (Lipinski definition) is 3. The van der Waals surface area contributed by atoms with E-state index in [9.17, 15) is 4.79 Å². The molecule has 1 rings (SSSR count). The summed E-state index contributed by atoms with van der Waals surface area (Å²) in [5, 5.41) is 3.22. The Morgan fingerprint density at radius 1 is 1.67 bits per heavy atom. The number of nitrogens with one attached hydrogen (secondary N) is 1. The van der Waals surface area contributed by atoms with Crippen LogP contribution >= 0.6 is 0 Å². The van der Waals surface area contributed by atoms with E-state index in [2.05, 4.69) is 12.2 Å². The van der Waals surface area contributed by atoms with Crippen molar-refractivity contribution in [3.8, 4) is 0 Å². The number of likely N-dealkylation sites (N-methyl/N-ethyl adjacent to an activating group) is 1. The predicted octanol–water partition coefficient (Wildman–Crippen LogP) is 0.324.